The van der Waals surface area contributed by atoms with Gasteiger partial charge in [0.25, 0.3) is 5.91 Å². The average Bonchev–Trinajstić information content (AvgIpc) is 3.39. The molecular weight excluding hydrogens is 380 g/mol. The zero-order chi connectivity index (χ0) is 18.8. The Morgan fingerprint density at radius 3 is 2.85 bits per heavy atom. The molecule has 0 saturated carbocycles. The first-order valence-corrected chi connectivity index (χ1v) is 10.2. The predicted molar refractivity (Wildman–Crippen MR) is 109 cm³/mol. The largest absolute Gasteiger partial charge is 0.383 e. The lowest BCUT2D eigenvalue weighted by Crippen LogP contribution is -2.26. The van der Waals surface area contributed by atoms with E-state index in [0.29, 0.717) is 18.7 Å². The predicted octanol–water partition coefficient (Wildman–Crippen LogP) is 3.87. The summed E-state index contributed by atoms with van der Waals surface area (Å²) in [4.78, 5) is 21.9. The number of aryl methyl sites for hydroxylation is 1. The van der Waals surface area contributed by atoms with Gasteiger partial charge in [-0.25, -0.2) is 9.97 Å². The Morgan fingerprint density at radius 1 is 1.22 bits per heavy atom. The maximum Gasteiger partial charge on any atom is 0.253 e. The van der Waals surface area contributed by atoms with Crippen LogP contribution in [0.1, 0.15) is 15.4 Å². The van der Waals surface area contributed by atoms with Gasteiger partial charge >= 0.3 is 0 Å². The van der Waals surface area contributed by atoms with Crippen LogP contribution in [-0.2, 0) is 4.74 Å². The maximum atomic E-state index is 12.6. The van der Waals surface area contributed by atoms with Crippen molar-refractivity contribution in [3.8, 4) is 22.1 Å². The van der Waals surface area contributed by atoms with Crippen molar-refractivity contribution in [2.24, 2.45) is 0 Å². The highest BCUT2D eigenvalue weighted by atomic mass is 32.1. The summed E-state index contributed by atoms with van der Waals surface area (Å²) in [5, 5.41) is 8.81. The van der Waals surface area contributed by atoms with Crippen LogP contribution < -0.4 is 5.32 Å². The zero-order valence-corrected chi connectivity index (χ0v) is 16.6. The number of carbonyl (C=O) groups excluding carboxylic acids is 1. The van der Waals surface area contributed by atoms with Gasteiger partial charge in [0.1, 0.15) is 10.7 Å². The molecule has 0 aliphatic rings. The van der Waals surface area contributed by atoms with Crippen molar-refractivity contribution in [1.82, 2.24) is 19.7 Å². The molecule has 4 aromatic rings. The number of nitrogens with zero attached hydrogens (tertiary/aromatic N) is 3. The Bertz CT molecular complexity index is 1100. The second-order valence-corrected chi connectivity index (χ2v) is 7.86. The molecule has 0 radical (unpaired) electrons. The van der Waals surface area contributed by atoms with Crippen molar-refractivity contribution in [3.05, 3.63) is 51.8 Å². The number of hydrogen-bond acceptors (Lipinski definition) is 6. The number of ether oxygens (including phenoxy) is 1. The number of nitrogens with one attached hydrogen (secondary N) is 1. The van der Waals surface area contributed by atoms with E-state index in [0.717, 1.165) is 32.6 Å². The summed E-state index contributed by atoms with van der Waals surface area (Å²) in [7, 11) is 1.61. The molecule has 1 amide bonds. The Balaban J connectivity index is 1.72. The molecule has 0 fully saturated rings. The normalized spacial score (nSPS) is 11.2. The smallest absolute Gasteiger partial charge is 0.253 e. The number of thiazole rings is 2. The molecule has 4 aromatic heterocycles. The van der Waals surface area contributed by atoms with Crippen LogP contribution in [0.3, 0.4) is 0 Å². The lowest BCUT2D eigenvalue weighted by atomic mass is 10.2. The first-order chi connectivity index (χ1) is 13.2. The van der Waals surface area contributed by atoms with E-state index >= 15 is 0 Å². The molecule has 27 heavy (non-hydrogen) atoms. The fraction of sp³-hybridized carbons (Fsp3) is 0.211. The first kappa shape index (κ1) is 17.8. The van der Waals surface area contributed by atoms with Gasteiger partial charge in [-0.05, 0) is 25.1 Å². The highest BCUT2D eigenvalue weighted by Gasteiger charge is 2.18. The molecule has 8 heteroatoms. The average molecular weight is 399 g/mol. The van der Waals surface area contributed by atoms with Crippen molar-refractivity contribution >= 4 is 34.1 Å². The van der Waals surface area contributed by atoms with Gasteiger partial charge in [-0.1, -0.05) is 6.07 Å². The molecule has 0 atom stereocenters. The van der Waals surface area contributed by atoms with Crippen LogP contribution in [0.15, 0.2) is 41.2 Å². The zero-order valence-electron chi connectivity index (χ0n) is 14.9. The number of rotatable bonds is 6. The minimum absolute atomic E-state index is 0.118. The molecule has 138 valence electrons. The summed E-state index contributed by atoms with van der Waals surface area (Å²) in [6.45, 7) is 2.93. The quantitative estimate of drug-likeness (QED) is 0.501. The van der Waals surface area contributed by atoms with Crippen LogP contribution in [0, 0.1) is 6.92 Å². The molecule has 0 saturated heterocycles. The number of carbonyl (C=O) groups is 1. The van der Waals surface area contributed by atoms with Crippen molar-refractivity contribution < 1.29 is 9.53 Å². The molecule has 6 nitrogen and oxygen atoms in total. The van der Waals surface area contributed by atoms with Crippen LogP contribution in [0.2, 0.25) is 0 Å². The Hall–Kier alpha value is -2.55. The third-order valence-electron chi connectivity index (χ3n) is 4.12. The number of aromatic nitrogens is 3. The van der Waals surface area contributed by atoms with Gasteiger partial charge in [-0.15, -0.1) is 22.7 Å². The molecule has 0 bridgehead atoms. The molecule has 0 spiro atoms. The monoisotopic (exact) mass is 398 g/mol. The standard InChI is InChI=1S/C19H18N4O2S2/c1-12-21-15(11-26-12)19-22-14(10-27-19)17-9-13(18(24)20-6-8-25-2)16-5-3-4-7-23(16)17/h3-5,7,9-11H,6,8H2,1-2H3,(H,20,24). The van der Waals surface area contributed by atoms with Gasteiger partial charge in [0.2, 0.25) is 0 Å². The molecular formula is C19H18N4O2S2. The van der Waals surface area contributed by atoms with Gasteiger partial charge in [-0.3, -0.25) is 4.79 Å². The highest BCUT2D eigenvalue weighted by Crippen LogP contribution is 2.31. The first-order valence-electron chi connectivity index (χ1n) is 8.43. The van der Waals surface area contributed by atoms with E-state index in [4.69, 9.17) is 9.72 Å². The number of fused-ring (bicyclic) bond motifs is 1. The molecule has 1 N–H and O–H groups in total. The Labute approximate surface area is 164 Å². The van der Waals surface area contributed by atoms with Crippen LogP contribution in [0.5, 0.6) is 0 Å². The second kappa shape index (κ2) is 7.59. The highest BCUT2D eigenvalue weighted by molar-refractivity contribution is 7.14. The van der Waals surface area contributed by atoms with Crippen LogP contribution >= 0.6 is 22.7 Å². The van der Waals surface area contributed by atoms with Gasteiger partial charge in [0.05, 0.1) is 34.1 Å². The van der Waals surface area contributed by atoms with Gasteiger partial charge in [0, 0.05) is 30.6 Å². The number of hydrogen-bond donors (Lipinski definition) is 1. The van der Waals surface area contributed by atoms with E-state index in [1.54, 1.807) is 29.8 Å². The summed E-state index contributed by atoms with van der Waals surface area (Å²) in [6.07, 6.45) is 1.95. The lowest BCUT2D eigenvalue weighted by molar-refractivity contribution is 0.0939. The summed E-state index contributed by atoms with van der Waals surface area (Å²) < 4.78 is 7.00. The molecule has 0 aromatic carbocycles. The summed E-state index contributed by atoms with van der Waals surface area (Å²) in [5.41, 5.74) is 4.09. The fourth-order valence-corrected chi connectivity index (χ4v) is 4.31. The van der Waals surface area contributed by atoms with Gasteiger partial charge in [-0.2, -0.15) is 0 Å². The SMILES string of the molecule is COCCNC(=O)c1cc(-c2csc(-c3csc(C)n3)n2)n2ccccc12. The lowest BCUT2D eigenvalue weighted by Gasteiger charge is -2.03. The van der Waals surface area contributed by atoms with Crippen LogP contribution in [0.25, 0.3) is 27.6 Å². The summed E-state index contributed by atoms with van der Waals surface area (Å²) in [6, 6.07) is 7.70. The van der Waals surface area contributed by atoms with Gasteiger partial charge in [0.15, 0.2) is 0 Å². The third kappa shape index (κ3) is 3.51. The fourth-order valence-electron chi connectivity index (χ4n) is 2.86. The van der Waals surface area contributed by atoms with E-state index in [-0.39, 0.29) is 5.91 Å². The van der Waals surface area contributed by atoms with Crippen molar-refractivity contribution in [3.63, 3.8) is 0 Å². The van der Waals surface area contributed by atoms with Crippen molar-refractivity contribution in [1.29, 1.82) is 0 Å². The molecule has 0 unspecified atom stereocenters. The van der Waals surface area contributed by atoms with E-state index in [1.807, 2.05) is 52.5 Å². The van der Waals surface area contributed by atoms with Crippen LogP contribution in [0.4, 0.5) is 0 Å². The Morgan fingerprint density at radius 2 is 2.07 bits per heavy atom. The molecule has 0 aliphatic heterocycles. The number of methoxy groups -OCH3 is 1. The van der Waals surface area contributed by atoms with E-state index in [2.05, 4.69) is 10.3 Å². The van der Waals surface area contributed by atoms with E-state index in [9.17, 15) is 4.79 Å². The molecule has 4 heterocycles. The number of pyridine rings is 1. The molecule has 0 aliphatic carbocycles. The Kier molecular flexibility index (Phi) is 5.02. The maximum absolute atomic E-state index is 12.6. The van der Waals surface area contributed by atoms with Crippen LogP contribution in [-0.4, -0.2) is 40.5 Å². The molecule has 4 rings (SSSR count). The van der Waals surface area contributed by atoms with Crippen molar-refractivity contribution in [2.45, 2.75) is 6.92 Å². The van der Waals surface area contributed by atoms with Crippen molar-refractivity contribution in [2.75, 3.05) is 20.3 Å². The van der Waals surface area contributed by atoms with Gasteiger partial charge < -0.3 is 14.5 Å². The minimum atomic E-state index is -0.118. The topological polar surface area (TPSA) is 68.5 Å². The van der Waals surface area contributed by atoms with E-state index in [1.165, 1.54) is 0 Å². The summed E-state index contributed by atoms with van der Waals surface area (Å²) >= 11 is 3.17. The van der Waals surface area contributed by atoms with E-state index < -0.39 is 0 Å². The number of amides is 1. The summed E-state index contributed by atoms with van der Waals surface area (Å²) in [5.74, 6) is -0.118. The third-order valence-corrected chi connectivity index (χ3v) is 5.76. The second-order valence-electron chi connectivity index (χ2n) is 5.94. The minimum Gasteiger partial charge on any atom is -0.383 e.